The highest BCUT2D eigenvalue weighted by Crippen LogP contribution is 2.34. The molecule has 1 aromatic carbocycles. The third-order valence-corrected chi connectivity index (χ3v) is 5.24. The van der Waals surface area contributed by atoms with Crippen LogP contribution in [-0.2, 0) is 10.0 Å². The summed E-state index contributed by atoms with van der Waals surface area (Å²) in [6.45, 7) is 0. The third-order valence-electron chi connectivity index (χ3n) is 2.22. The SMILES string of the molecule is O=S(=O)(Nc1ncccc1Cl)c1c(Cl)cc(Br)cc1Cl. The Morgan fingerprint density at radius 3 is 2.25 bits per heavy atom. The first-order chi connectivity index (χ1) is 9.31. The Morgan fingerprint density at radius 1 is 1.10 bits per heavy atom. The van der Waals surface area contributed by atoms with Gasteiger partial charge in [-0.1, -0.05) is 50.7 Å². The van der Waals surface area contributed by atoms with E-state index in [1.54, 1.807) is 6.07 Å². The van der Waals surface area contributed by atoms with Crippen molar-refractivity contribution >= 4 is 66.6 Å². The van der Waals surface area contributed by atoms with Gasteiger partial charge in [-0.3, -0.25) is 4.72 Å². The first-order valence-corrected chi connectivity index (χ1v) is 8.50. The van der Waals surface area contributed by atoms with Gasteiger partial charge in [0.2, 0.25) is 0 Å². The summed E-state index contributed by atoms with van der Waals surface area (Å²) in [5.74, 6) is 0.00391. The van der Waals surface area contributed by atoms with Crippen LogP contribution in [0.5, 0.6) is 0 Å². The summed E-state index contributed by atoms with van der Waals surface area (Å²) in [4.78, 5) is 3.62. The van der Waals surface area contributed by atoms with Crippen molar-refractivity contribution in [2.75, 3.05) is 4.72 Å². The van der Waals surface area contributed by atoms with Gasteiger partial charge in [-0.15, -0.1) is 0 Å². The Balaban J connectivity index is 2.50. The number of anilines is 1. The number of pyridine rings is 1. The van der Waals surface area contributed by atoms with Crippen LogP contribution in [0.15, 0.2) is 39.8 Å². The minimum atomic E-state index is -4.00. The van der Waals surface area contributed by atoms with Crippen LogP contribution in [0.3, 0.4) is 0 Å². The van der Waals surface area contributed by atoms with Crippen molar-refractivity contribution < 1.29 is 8.42 Å². The molecule has 0 saturated heterocycles. The highest BCUT2D eigenvalue weighted by atomic mass is 79.9. The van der Waals surface area contributed by atoms with E-state index in [2.05, 4.69) is 25.6 Å². The van der Waals surface area contributed by atoms with Crippen molar-refractivity contribution in [3.8, 4) is 0 Å². The molecule has 0 spiro atoms. The molecule has 0 atom stereocenters. The first kappa shape index (κ1) is 15.9. The number of hydrogen-bond donors (Lipinski definition) is 1. The lowest BCUT2D eigenvalue weighted by atomic mass is 10.4. The molecule has 2 rings (SSSR count). The largest absolute Gasteiger partial charge is 0.266 e. The van der Waals surface area contributed by atoms with E-state index >= 15 is 0 Å². The zero-order valence-electron chi connectivity index (χ0n) is 9.57. The minimum Gasteiger partial charge on any atom is -0.262 e. The zero-order valence-corrected chi connectivity index (χ0v) is 14.2. The molecular formula is C11H6BrCl3N2O2S. The Morgan fingerprint density at radius 2 is 1.70 bits per heavy atom. The minimum absolute atomic E-state index is 0.00391. The molecule has 106 valence electrons. The fourth-order valence-corrected chi connectivity index (χ4v) is 4.62. The summed E-state index contributed by atoms with van der Waals surface area (Å²) < 4.78 is 27.4. The smallest absolute Gasteiger partial charge is 0.262 e. The van der Waals surface area contributed by atoms with Crippen molar-refractivity contribution in [2.24, 2.45) is 0 Å². The van der Waals surface area contributed by atoms with Gasteiger partial charge in [-0.05, 0) is 24.3 Å². The Labute approximate surface area is 139 Å². The van der Waals surface area contributed by atoms with E-state index in [1.165, 1.54) is 24.4 Å². The predicted octanol–water partition coefficient (Wildman–Crippen LogP) is 4.61. The predicted molar refractivity (Wildman–Crippen MR) is 84.2 cm³/mol. The topological polar surface area (TPSA) is 59.1 Å². The van der Waals surface area contributed by atoms with Crippen molar-refractivity contribution in [2.45, 2.75) is 4.90 Å². The second-order valence-corrected chi connectivity index (χ2v) is 7.39. The monoisotopic (exact) mass is 414 g/mol. The number of benzene rings is 1. The highest BCUT2D eigenvalue weighted by Gasteiger charge is 2.23. The molecule has 9 heteroatoms. The number of nitrogens with zero attached hydrogens (tertiary/aromatic N) is 1. The molecule has 0 aliphatic rings. The average Bonchev–Trinajstić information content (AvgIpc) is 2.30. The molecule has 20 heavy (non-hydrogen) atoms. The molecule has 0 saturated carbocycles. The van der Waals surface area contributed by atoms with Gasteiger partial charge < -0.3 is 0 Å². The molecule has 4 nitrogen and oxygen atoms in total. The molecule has 0 unspecified atom stereocenters. The molecule has 0 aliphatic heterocycles. The Hall–Kier alpha value is -0.530. The lowest BCUT2D eigenvalue weighted by molar-refractivity contribution is 0.601. The van der Waals surface area contributed by atoms with Gasteiger partial charge in [0.05, 0.1) is 15.1 Å². The Bertz CT molecular complexity index is 745. The Kier molecular flexibility index (Phi) is 4.81. The molecule has 0 radical (unpaired) electrons. The van der Waals surface area contributed by atoms with E-state index in [4.69, 9.17) is 34.8 Å². The first-order valence-electron chi connectivity index (χ1n) is 5.09. The summed E-state index contributed by atoms with van der Waals surface area (Å²) in [5.41, 5.74) is 0. The van der Waals surface area contributed by atoms with Crippen LogP contribution in [0, 0.1) is 0 Å². The summed E-state index contributed by atoms with van der Waals surface area (Å²) >= 11 is 20.9. The lowest BCUT2D eigenvalue weighted by Gasteiger charge is -2.11. The summed E-state index contributed by atoms with van der Waals surface area (Å²) in [7, 11) is -4.00. The van der Waals surface area contributed by atoms with Gasteiger partial charge in [-0.2, -0.15) is 0 Å². The third kappa shape index (κ3) is 3.38. The van der Waals surface area contributed by atoms with Gasteiger partial charge in [-0.25, -0.2) is 13.4 Å². The van der Waals surface area contributed by atoms with Crippen LogP contribution >= 0.6 is 50.7 Å². The number of aromatic nitrogens is 1. The van der Waals surface area contributed by atoms with E-state index in [9.17, 15) is 8.42 Å². The van der Waals surface area contributed by atoms with Crippen LogP contribution in [0.1, 0.15) is 0 Å². The second kappa shape index (κ2) is 6.07. The number of nitrogens with one attached hydrogen (secondary N) is 1. The van der Waals surface area contributed by atoms with Gasteiger partial charge in [0.15, 0.2) is 5.82 Å². The molecule has 2 aromatic rings. The van der Waals surface area contributed by atoms with Crippen molar-refractivity contribution in [1.82, 2.24) is 4.98 Å². The maximum atomic E-state index is 12.3. The molecular weight excluding hydrogens is 410 g/mol. The van der Waals surface area contributed by atoms with Crippen LogP contribution in [0.4, 0.5) is 5.82 Å². The van der Waals surface area contributed by atoms with Crippen LogP contribution in [0.2, 0.25) is 15.1 Å². The quantitative estimate of drug-likeness (QED) is 0.795. The fourth-order valence-electron chi connectivity index (χ4n) is 1.42. The standard InChI is InChI=1S/C11H6BrCl3N2O2S/c12-6-4-8(14)10(9(15)5-6)20(18,19)17-11-7(13)2-1-3-16-11/h1-5H,(H,16,17). The molecule has 1 aromatic heterocycles. The van der Waals surface area contributed by atoms with Gasteiger partial charge >= 0.3 is 0 Å². The molecule has 1 N–H and O–H groups in total. The van der Waals surface area contributed by atoms with Gasteiger partial charge in [0.25, 0.3) is 10.0 Å². The van der Waals surface area contributed by atoms with Gasteiger partial charge in [0.1, 0.15) is 4.90 Å². The maximum Gasteiger partial charge on any atom is 0.266 e. The normalized spacial score (nSPS) is 11.4. The number of sulfonamides is 1. The molecule has 1 heterocycles. The summed E-state index contributed by atoms with van der Waals surface area (Å²) in [5, 5.41) is 0.147. The van der Waals surface area contributed by atoms with Gasteiger partial charge in [0, 0.05) is 10.7 Å². The van der Waals surface area contributed by atoms with E-state index in [-0.39, 0.29) is 25.8 Å². The van der Waals surface area contributed by atoms with Crippen LogP contribution in [0.25, 0.3) is 0 Å². The van der Waals surface area contributed by atoms with Crippen LogP contribution < -0.4 is 4.72 Å². The lowest BCUT2D eigenvalue weighted by Crippen LogP contribution is -2.15. The van der Waals surface area contributed by atoms with E-state index in [1.807, 2.05) is 0 Å². The highest BCUT2D eigenvalue weighted by molar-refractivity contribution is 9.10. The second-order valence-electron chi connectivity index (χ2n) is 3.64. The van der Waals surface area contributed by atoms with Crippen molar-refractivity contribution in [3.05, 3.63) is 50.0 Å². The van der Waals surface area contributed by atoms with Crippen LogP contribution in [-0.4, -0.2) is 13.4 Å². The van der Waals surface area contributed by atoms with Crippen molar-refractivity contribution in [1.29, 1.82) is 0 Å². The number of hydrogen-bond acceptors (Lipinski definition) is 3. The molecule has 0 aliphatic carbocycles. The van der Waals surface area contributed by atoms with E-state index in [0.29, 0.717) is 4.47 Å². The summed E-state index contributed by atoms with van der Waals surface area (Å²) in [6, 6.07) is 5.96. The van der Waals surface area contributed by atoms with Crippen molar-refractivity contribution in [3.63, 3.8) is 0 Å². The zero-order chi connectivity index (χ0) is 14.9. The fraction of sp³-hybridized carbons (Fsp3) is 0. The van der Waals surface area contributed by atoms with E-state index in [0.717, 1.165) is 0 Å². The van der Waals surface area contributed by atoms with E-state index < -0.39 is 10.0 Å². The maximum absolute atomic E-state index is 12.3. The molecule has 0 bridgehead atoms. The average molecular weight is 417 g/mol. The summed E-state index contributed by atoms with van der Waals surface area (Å²) in [6.07, 6.45) is 1.41. The number of halogens is 4. The molecule has 0 fully saturated rings. The molecule has 0 amide bonds. The number of rotatable bonds is 3.